The van der Waals surface area contributed by atoms with Crippen molar-refractivity contribution in [3.8, 4) is 22.6 Å². The highest BCUT2D eigenvalue weighted by atomic mass is 32.2. The number of nitrogens with one attached hydrogen (secondary N) is 2. The van der Waals surface area contributed by atoms with Crippen LogP contribution in [-0.4, -0.2) is 94.6 Å². The van der Waals surface area contributed by atoms with Crippen molar-refractivity contribution in [2.75, 3.05) is 33.1 Å². The maximum atomic E-state index is 13.2. The number of pyridine rings is 2. The Labute approximate surface area is 283 Å². The fourth-order valence-corrected chi connectivity index (χ4v) is 5.88. The second-order valence-electron chi connectivity index (χ2n) is 12.1. The molecule has 3 N–H and O–H groups in total. The number of methoxy groups -OCH3 is 2. The van der Waals surface area contributed by atoms with E-state index in [0.717, 1.165) is 5.69 Å². The van der Waals surface area contributed by atoms with Crippen molar-refractivity contribution in [3.63, 3.8) is 0 Å². The summed E-state index contributed by atoms with van der Waals surface area (Å²) in [5.74, 6) is -0.727. The molecule has 0 aliphatic carbocycles. The fourth-order valence-electron chi connectivity index (χ4n) is 4.94. The highest BCUT2D eigenvalue weighted by Gasteiger charge is 2.28. The lowest BCUT2D eigenvalue weighted by atomic mass is 10.0. The van der Waals surface area contributed by atoms with Crippen LogP contribution < -0.4 is 15.4 Å². The smallest absolute Gasteiger partial charge is 0.410 e. The Kier molecular flexibility index (Phi) is 12.2. The summed E-state index contributed by atoms with van der Waals surface area (Å²) in [5.41, 5.74) is 1.20. The van der Waals surface area contributed by atoms with Crippen molar-refractivity contribution in [3.05, 3.63) is 71.8 Å². The van der Waals surface area contributed by atoms with Crippen molar-refractivity contribution in [1.82, 2.24) is 25.5 Å². The van der Waals surface area contributed by atoms with Gasteiger partial charge in [0.05, 0.1) is 19.9 Å². The first-order valence-corrected chi connectivity index (χ1v) is 16.6. The predicted molar refractivity (Wildman–Crippen MR) is 180 cm³/mol. The van der Waals surface area contributed by atoms with Gasteiger partial charge in [0, 0.05) is 60.2 Å². The van der Waals surface area contributed by atoms with Crippen LogP contribution in [0.2, 0.25) is 0 Å². The number of carbonyl (C=O) groups excluding carboxylic acids is 4. The number of hydrogen-bond donors (Lipinski definition) is 3. The molecule has 3 heterocycles. The van der Waals surface area contributed by atoms with Gasteiger partial charge in [-0.25, -0.2) is 14.6 Å². The number of aromatic hydroxyl groups is 1. The van der Waals surface area contributed by atoms with Crippen molar-refractivity contribution >= 4 is 35.6 Å². The minimum Gasteiger partial charge on any atom is -0.505 e. The van der Waals surface area contributed by atoms with Gasteiger partial charge in [-0.3, -0.25) is 14.6 Å². The van der Waals surface area contributed by atoms with Crippen LogP contribution in [0.1, 0.15) is 60.2 Å². The summed E-state index contributed by atoms with van der Waals surface area (Å²) in [4.78, 5) is 60.9. The average molecular weight is 680 g/mol. The number of benzene rings is 1. The standard InChI is InChI=1S/C34H41N5O8S/c1-34(2,3)47-33(44)39-16-12-23(13-17-39)37-30(41)22-8-6-21(7-9-22)26-11-15-36-28(29(26)40)31(42)38-27(32(43)46-5)20-48-19-24-18-25(45-4)10-14-35-24/h6-11,14-15,18,23,27,40H,12-13,16-17,19-20H2,1-5H3,(H,37,41)(H,38,42)/t27-/m0/s1. The zero-order chi connectivity index (χ0) is 34.8. The summed E-state index contributed by atoms with van der Waals surface area (Å²) < 4.78 is 15.5. The van der Waals surface area contributed by atoms with Gasteiger partial charge in [-0.1, -0.05) is 12.1 Å². The number of hydrogen-bond acceptors (Lipinski definition) is 11. The number of likely N-dealkylation sites (tertiary alicyclic amines) is 1. The molecule has 1 aliphatic heterocycles. The summed E-state index contributed by atoms with van der Waals surface area (Å²) in [6.07, 6.45) is 3.86. The Morgan fingerprint density at radius 2 is 1.69 bits per heavy atom. The molecule has 1 atom stereocenters. The number of carbonyl (C=O) groups is 4. The van der Waals surface area contributed by atoms with E-state index in [2.05, 4.69) is 20.6 Å². The highest BCUT2D eigenvalue weighted by Crippen LogP contribution is 2.31. The van der Waals surface area contributed by atoms with E-state index >= 15 is 0 Å². The van der Waals surface area contributed by atoms with E-state index in [4.69, 9.17) is 14.2 Å². The lowest BCUT2D eigenvalue weighted by molar-refractivity contribution is -0.142. The molecule has 2 aromatic heterocycles. The van der Waals surface area contributed by atoms with Crippen LogP contribution in [0.4, 0.5) is 4.79 Å². The first-order chi connectivity index (χ1) is 22.9. The van der Waals surface area contributed by atoms with Crippen molar-refractivity contribution in [2.45, 2.75) is 57.1 Å². The largest absolute Gasteiger partial charge is 0.505 e. The van der Waals surface area contributed by atoms with Crippen LogP contribution in [0.25, 0.3) is 11.1 Å². The fraction of sp³-hybridized carbons (Fsp3) is 0.412. The van der Waals surface area contributed by atoms with Gasteiger partial charge in [0.15, 0.2) is 11.4 Å². The van der Waals surface area contributed by atoms with E-state index in [9.17, 15) is 24.3 Å². The van der Waals surface area contributed by atoms with Crippen LogP contribution >= 0.6 is 11.8 Å². The third-order valence-corrected chi connectivity index (χ3v) is 8.50. The molecule has 0 unspecified atom stereocenters. The number of aromatic nitrogens is 2. The predicted octanol–water partition coefficient (Wildman–Crippen LogP) is 4.19. The molecular weight excluding hydrogens is 638 g/mol. The summed E-state index contributed by atoms with van der Waals surface area (Å²) >= 11 is 1.37. The van der Waals surface area contributed by atoms with Crippen LogP contribution in [-0.2, 0) is 20.0 Å². The van der Waals surface area contributed by atoms with Gasteiger partial charge in [-0.15, -0.1) is 0 Å². The SMILES string of the molecule is COC(=O)[C@H](CSCc1cc(OC)ccn1)NC(=O)c1nccc(-c2ccc(C(=O)NC3CCN(C(=O)OC(C)(C)C)CC3)cc2)c1O. The normalized spacial score (nSPS) is 14.1. The molecule has 3 amide bonds. The van der Waals surface area contributed by atoms with Crippen molar-refractivity contribution < 1.29 is 38.5 Å². The summed E-state index contributed by atoms with van der Waals surface area (Å²) in [6.45, 7) is 6.43. The van der Waals surface area contributed by atoms with E-state index in [1.165, 1.54) is 25.1 Å². The Morgan fingerprint density at radius 3 is 2.33 bits per heavy atom. The molecular formula is C34H41N5O8S. The van der Waals surface area contributed by atoms with Crippen molar-refractivity contribution in [2.24, 2.45) is 0 Å². The van der Waals surface area contributed by atoms with Gasteiger partial charge in [0.1, 0.15) is 17.4 Å². The lowest BCUT2D eigenvalue weighted by Gasteiger charge is -2.33. The first-order valence-electron chi connectivity index (χ1n) is 15.4. The number of nitrogens with zero attached hydrogens (tertiary/aromatic N) is 3. The average Bonchev–Trinajstić information content (AvgIpc) is 3.07. The van der Waals surface area contributed by atoms with Gasteiger partial charge < -0.3 is 34.9 Å². The Bertz CT molecular complexity index is 1600. The molecule has 1 aliphatic rings. The van der Waals surface area contributed by atoms with E-state index in [1.807, 2.05) is 20.8 Å². The highest BCUT2D eigenvalue weighted by molar-refractivity contribution is 7.98. The monoisotopic (exact) mass is 679 g/mol. The molecule has 13 nitrogen and oxygen atoms in total. The van der Waals surface area contributed by atoms with Gasteiger partial charge in [0.25, 0.3) is 11.8 Å². The topological polar surface area (TPSA) is 169 Å². The Hall–Kier alpha value is -4.85. The molecule has 1 fully saturated rings. The van der Waals surface area contributed by atoms with Crippen LogP contribution in [0, 0.1) is 0 Å². The van der Waals surface area contributed by atoms with Crippen LogP contribution in [0.5, 0.6) is 11.5 Å². The molecule has 4 rings (SSSR count). The Balaban J connectivity index is 1.35. The van der Waals surface area contributed by atoms with E-state index in [1.54, 1.807) is 60.7 Å². The maximum absolute atomic E-state index is 13.2. The molecule has 3 aromatic rings. The number of esters is 1. The van der Waals surface area contributed by atoms with E-state index < -0.39 is 23.5 Å². The third-order valence-electron chi connectivity index (χ3n) is 7.43. The summed E-state index contributed by atoms with van der Waals surface area (Å²) in [5, 5.41) is 16.7. The molecule has 0 bridgehead atoms. The summed E-state index contributed by atoms with van der Waals surface area (Å²) in [7, 11) is 2.79. The first kappa shape index (κ1) is 36.0. The molecule has 1 saturated heterocycles. The molecule has 256 valence electrons. The number of piperidine rings is 1. The number of amides is 3. The van der Waals surface area contributed by atoms with Crippen LogP contribution in [0.3, 0.4) is 0 Å². The lowest BCUT2D eigenvalue weighted by Crippen LogP contribution is -2.47. The minimum absolute atomic E-state index is 0.0908. The molecule has 1 aromatic carbocycles. The minimum atomic E-state index is -1.01. The number of rotatable bonds is 11. The zero-order valence-electron chi connectivity index (χ0n) is 27.6. The number of thioether (sulfide) groups is 1. The molecule has 0 spiro atoms. The molecule has 0 saturated carbocycles. The van der Waals surface area contributed by atoms with E-state index in [-0.39, 0.29) is 35.2 Å². The van der Waals surface area contributed by atoms with Gasteiger partial charge in [0.2, 0.25) is 0 Å². The molecule has 14 heteroatoms. The van der Waals surface area contributed by atoms with Gasteiger partial charge in [-0.05, 0) is 63.4 Å². The second kappa shape index (κ2) is 16.3. The van der Waals surface area contributed by atoms with Gasteiger partial charge >= 0.3 is 12.1 Å². The summed E-state index contributed by atoms with van der Waals surface area (Å²) in [6, 6.07) is 10.5. The quantitative estimate of drug-likeness (QED) is 0.249. The molecule has 48 heavy (non-hydrogen) atoms. The second-order valence-corrected chi connectivity index (χ2v) is 13.1. The van der Waals surface area contributed by atoms with Crippen LogP contribution in [0.15, 0.2) is 54.9 Å². The Morgan fingerprint density at radius 1 is 1.00 bits per heavy atom. The number of ether oxygens (including phenoxy) is 3. The van der Waals surface area contributed by atoms with Crippen molar-refractivity contribution in [1.29, 1.82) is 0 Å². The van der Waals surface area contributed by atoms with Gasteiger partial charge in [-0.2, -0.15) is 11.8 Å². The van der Waals surface area contributed by atoms with E-state index in [0.29, 0.717) is 54.1 Å². The zero-order valence-corrected chi connectivity index (χ0v) is 28.5. The molecule has 0 radical (unpaired) electrons. The third kappa shape index (κ3) is 9.83. The maximum Gasteiger partial charge on any atom is 0.410 e.